The highest BCUT2D eigenvalue weighted by molar-refractivity contribution is 7.90. The van der Waals surface area contributed by atoms with Crippen molar-refractivity contribution in [2.24, 2.45) is 10.3 Å². The molecule has 1 atom stereocenters. The standard InChI is InChI=1S/C23H27N3O3S/c1-26(23-19-13-7-8-14-21(19)30(28,29)25-23)16-22(27)24-20(18-11-5-6-12-18)15-17-9-3-2-4-10-17/h2-4,7-10,13-14,18,20H,5-6,11-12,15-16H2,1H3,(H,24,27). The van der Waals surface area contributed by atoms with E-state index in [-0.39, 0.29) is 23.4 Å². The van der Waals surface area contributed by atoms with Crippen LogP contribution in [0.3, 0.4) is 0 Å². The van der Waals surface area contributed by atoms with Crippen LogP contribution in [0.1, 0.15) is 36.8 Å². The van der Waals surface area contributed by atoms with Gasteiger partial charge in [-0.25, -0.2) is 0 Å². The number of fused-ring (bicyclic) bond motifs is 1. The summed E-state index contributed by atoms with van der Waals surface area (Å²) in [6.45, 7) is 0.0562. The Morgan fingerprint density at radius 3 is 2.50 bits per heavy atom. The maximum atomic E-state index is 12.9. The van der Waals surface area contributed by atoms with Gasteiger partial charge >= 0.3 is 0 Å². The number of rotatable bonds is 6. The predicted molar refractivity (Wildman–Crippen MR) is 117 cm³/mol. The number of amidine groups is 1. The molecule has 1 saturated carbocycles. The summed E-state index contributed by atoms with van der Waals surface area (Å²) in [5.74, 6) is 0.681. The molecule has 30 heavy (non-hydrogen) atoms. The second kappa shape index (κ2) is 8.60. The third-order valence-electron chi connectivity index (χ3n) is 5.97. The number of likely N-dealkylation sites (N-methyl/N-ethyl adjacent to an activating group) is 1. The molecule has 0 bridgehead atoms. The molecule has 1 heterocycles. The zero-order valence-corrected chi connectivity index (χ0v) is 17.9. The molecule has 6 nitrogen and oxygen atoms in total. The van der Waals surface area contributed by atoms with Crippen LogP contribution in [0.15, 0.2) is 63.9 Å². The van der Waals surface area contributed by atoms with Crippen molar-refractivity contribution in [1.82, 2.24) is 10.2 Å². The Morgan fingerprint density at radius 2 is 1.77 bits per heavy atom. The lowest BCUT2D eigenvalue weighted by Crippen LogP contribution is -2.46. The normalized spacial score (nSPS) is 18.5. The SMILES string of the molecule is CN(CC(=O)NC(Cc1ccccc1)C1CCCC1)C1=NS(=O)(=O)c2ccccc21. The predicted octanol–water partition coefficient (Wildman–Crippen LogP) is 2.99. The van der Waals surface area contributed by atoms with Crippen molar-refractivity contribution in [2.45, 2.75) is 43.0 Å². The summed E-state index contributed by atoms with van der Waals surface area (Å²) in [6, 6.07) is 17.0. The van der Waals surface area contributed by atoms with Crippen molar-refractivity contribution in [2.75, 3.05) is 13.6 Å². The molecule has 1 aliphatic carbocycles. The smallest absolute Gasteiger partial charge is 0.285 e. The topological polar surface area (TPSA) is 78.8 Å². The first-order valence-electron chi connectivity index (χ1n) is 10.4. The molecule has 1 unspecified atom stereocenters. The van der Waals surface area contributed by atoms with Crippen molar-refractivity contribution in [3.63, 3.8) is 0 Å². The van der Waals surface area contributed by atoms with Crippen LogP contribution in [0, 0.1) is 5.92 Å². The van der Waals surface area contributed by atoms with E-state index in [1.165, 1.54) is 18.4 Å². The maximum Gasteiger partial charge on any atom is 0.285 e. The number of amides is 1. The van der Waals surface area contributed by atoms with Crippen LogP contribution in [0.4, 0.5) is 0 Å². The van der Waals surface area contributed by atoms with E-state index in [4.69, 9.17) is 0 Å². The fourth-order valence-electron chi connectivity index (χ4n) is 4.47. The van der Waals surface area contributed by atoms with E-state index >= 15 is 0 Å². The third kappa shape index (κ3) is 4.41. The molecule has 0 spiro atoms. The number of hydrogen-bond acceptors (Lipinski definition) is 4. The molecule has 0 radical (unpaired) electrons. The monoisotopic (exact) mass is 425 g/mol. The molecule has 1 aliphatic heterocycles. The number of benzene rings is 2. The van der Waals surface area contributed by atoms with Gasteiger partial charge in [0.2, 0.25) is 5.91 Å². The van der Waals surface area contributed by atoms with Crippen LogP contribution < -0.4 is 5.32 Å². The quantitative estimate of drug-likeness (QED) is 0.772. The first-order chi connectivity index (χ1) is 14.4. The second-order valence-corrected chi connectivity index (χ2v) is 9.72. The highest BCUT2D eigenvalue weighted by Gasteiger charge is 2.32. The van der Waals surface area contributed by atoms with Gasteiger partial charge in [0.25, 0.3) is 10.0 Å². The van der Waals surface area contributed by atoms with Gasteiger partial charge < -0.3 is 10.2 Å². The van der Waals surface area contributed by atoms with Crippen molar-refractivity contribution in [3.05, 3.63) is 65.7 Å². The molecular weight excluding hydrogens is 398 g/mol. The van der Waals surface area contributed by atoms with Gasteiger partial charge in [-0.1, -0.05) is 55.3 Å². The highest BCUT2D eigenvalue weighted by atomic mass is 32.2. The Balaban J connectivity index is 1.46. The van der Waals surface area contributed by atoms with Crippen molar-refractivity contribution in [1.29, 1.82) is 0 Å². The number of nitrogens with one attached hydrogen (secondary N) is 1. The van der Waals surface area contributed by atoms with Gasteiger partial charge in [0.15, 0.2) is 5.84 Å². The van der Waals surface area contributed by atoms with Crippen LogP contribution in [0.25, 0.3) is 0 Å². The summed E-state index contributed by atoms with van der Waals surface area (Å²) < 4.78 is 28.5. The van der Waals surface area contributed by atoms with Gasteiger partial charge in [0.05, 0.1) is 6.54 Å². The van der Waals surface area contributed by atoms with Crippen LogP contribution in [0.5, 0.6) is 0 Å². The minimum atomic E-state index is -3.70. The summed E-state index contributed by atoms with van der Waals surface area (Å²) in [7, 11) is -1.99. The molecule has 158 valence electrons. The maximum absolute atomic E-state index is 12.9. The molecular formula is C23H27N3O3S. The van der Waals surface area contributed by atoms with E-state index in [9.17, 15) is 13.2 Å². The van der Waals surface area contributed by atoms with E-state index in [0.29, 0.717) is 17.3 Å². The van der Waals surface area contributed by atoms with Crippen LogP contribution >= 0.6 is 0 Å². The first-order valence-corrected chi connectivity index (χ1v) is 11.9. The van der Waals surface area contributed by atoms with Gasteiger partial charge in [-0.15, -0.1) is 4.40 Å². The van der Waals surface area contributed by atoms with Crippen LogP contribution in [0.2, 0.25) is 0 Å². The van der Waals surface area contributed by atoms with Crippen molar-refractivity contribution in [3.8, 4) is 0 Å². The lowest BCUT2D eigenvalue weighted by atomic mass is 9.92. The molecule has 0 aromatic heterocycles. The number of sulfonamides is 1. The number of hydrogen-bond donors (Lipinski definition) is 1. The van der Waals surface area contributed by atoms with Gasteiger partial charge in [-0.2, -0.15) is 8.42 Å². The molecule has 7 heteroatoms. The first kappa shape index (κ1) is 20.6. The van der Waals surface area contributed by atoms with Gasteiger partial charge in [0, 0.05) is 18.7 Å². The fourth-order valence-corrected chi connectivity index (χ4v) is 5.72. The summed E-state index contributed by atoms with van der Waals surface area (Å²) in [4.78, 5) is 14.7. The molecule has 1 fully saturated rings. The fraction of sp³-hybridized carbons (Fsp3) is 0.391. The third-order valence-corrected chi connectivity index (χ3v) is 7.29. The lowest BCUT2D eigenvalue weighted by Gasteiger charge is -2.27. The average Bonchev–Trinajstić information content (AvgIpc) is 3.35. The minimum Gasteiger partial charge on any atom is -0.351 e. The molecule has 0 saturated heterocycles. The zero-order chi connectivity index (χ0) is 21.1. The van der Waals surface area contributed by atoms with Gasteiger partial charge in [-0.05, 0) is 42.9 Å². The summed E-state index contributed by atoms with van der Waals surface area (Å²) in [5.41, 5.74) is 1.76. The molecule has 1 amide bonds. The van der Waals surface area contributed by atoms with Crippen LogP contribution in [-0.4, -0.2) is 44.7 Å². The Kier molecular flexibility index (Phi) is 5.90. The zero-order valence-electron chi connectivity index (χ0n) is 17.1. The van der Waals surface area contributed by atoms with E-state index in [1.807, 2.05) is 18.2 Å². The number of carbonyl (C=O) groups excluding carboxylic acids is 1. The second-order valence-electron chi connectivity index (χ2n) is 8.15. The van der Waals surface area contributed by atoms with Gasteiger partial charge in [-0.3, -0.25) is 4.79 Å². The summed E-state index contributed by atoms with van der Waals surface area (Å²) >= 11 is 0. The highest BCUT2D eigenvalue weighted by Crippen LogP contribution is 2.30. The van der Waals surface area contributed by atoms with Crippen LogP contribution in [-0.2, 0) is 21.2 Å². The Bertz CT molecular complexity index is 1040. The van der Waals surface area contributed by atoms with Gasteiger partial charge in [0.1, 0.15) is 4.90 Å². The van der Waals surface area contributed by atoms with Crippen molar-refractivity contribution >= 4 is 21.8 Å². The van der Waals surface area contributed by atoms with E-state index in [2.05, 4.69) is 21.8 Å². The lowest BCUT2D eigenvalue weighted by molar-refractivity contribution is -0.122. The van der Waals surface area contributed by atoms with E-state index in [1.54, 1.807) is 36.2 Å². The largest absolute Gasteiger partial charge is 0.351 e. The van der Waals surface area contributed by atoms with Crippen molar-refractivity contribution < 1.29 is 13.2 Å². The molecule has 2 aromatic rings. The summed E-state index contributed by atoms with van der Waals surface area (Å²) in [5, 5.41) is 3.22. The Morgan fingerprint density at radius 1 is 1.10 bits per heavy atom. The van der Waals surface area contributed by atoms with E-state index < -0.39 is 10.0 Å². The summed E-state index contributed by atoms with van der Waals surface area (Å²) in [6.07, 6.45) is 5.48. The average molecular weight is 426 g/mol. The van der Waals surface area contributed by atoms with E-state index in [0.717, 1.165) is 19.3 Å². The minimum absolute atomic E-state index is 0.0562. The number of carbonyl (C=O) groups is 1. The Labute approximate surface area is 178 Å². The number of nitrogens with zero attached hydrogens (tertiary/aromatic N) is 2. The molecule has 1 N–H and O–H groups in total. The molecule has 2 aliphatic rings. The Hall–Kier alpha value is -2.67. The molecule has 4 rings (SSSR count). The molecule has 2 aromatic carbocycles.